The fourth-order valence-corrected chi connectivity index (χ4v) is 5.91. The summed E-state index contributed by atoms with van der Waals surface area (Å²) in [6, 6.07) is 12.1. The van der Waals surface area contributed by atoms with E-state index in [2.05, 4.69) is 32.3 Å². The summed E-state index contributed by atoms with van der Waals surface area (Å²) in [4.78, 5) is 20.6. The van der Waals surface area contributed by atoms with Crippen LogP contribution in [0.5, 0.6) is 5.75 Å². The van der Waals surface area contributed by atoms with Gasteiger partial charge in [0.25, 0.3) is 5.91 Å². The first kappa shape index (κ1) is 22.3. The van der Waals surface area contributed by atoms with Gasteiger partial charge in [-0.05, 0) is 62.2 Å². The molecule has 3 atom stereocenters. The molecule has 2 aromatic carbocycles. The Morgan fingerprint density at radius 2 is 2.24 bits per heavy atom. The molecule has 3 aromatic rings. The zero-order valence-corrected chi connectivity index (χ0v) is 20.4. The molecule has 6 nitrogen and oxygen atoms in total. The van der Waals surface area contributed by atoms with E-state index < -0.39 is 0 Å². The van der Waals surface area contributed by atoms with E-state index in [0.29, 0.717) is 16.2 Å². The fourth-order valence-electron chi connectivity index (χ4n) is 4.58. The Bertz CT molecular complexity index is 1260. The molecule has 1 amide bonds. The fraction of sp³-hybridized carbons (Fsp3) is 0.333. The maximum atomic E-state index is 13.4. The number of rotatable bonds is 5. The molecule has 0 saturated heterocycles. The molecular formula is C24H24BrFN4O2S. The second kappa shape index (κ2) is 8.68. The van der Waals surface area contributed by atoms with Crippen LogP contribution in [0.3, 0.4) is 0 Å². The van der Waals surface area contributed by atoms with Gasteiger partial charge in [-0.15, -0.1) is 0 Å². The lowest BCUT2D eigenvalue weighted by Gasteiger charge is -2.38. The normalized spacial score (nSPS) is 22.6. The molecule has 172 valence electrons. The van der Waals surface area contributed by atoms with Gasteiger partial charge in [-0.2, -0.15) is 0 Å². The maximum absolute atomic E-state index is 13.4. The Labute approximate surface area is 203 Å². The minimum absolute atomic E-state index is 0.0238. The third-order valence-corrected chi connectivity index (χ3v) is 7.71. The minimum Gasteiger partial charge on any atom is -0.490 e. The highest BCUT2D eigenvalue weighted by Crippen LogP contribution is 2.48. The summed E-state index contributed by atoms with van der Waals surface area (Å²) in [5, 5.41) is 4.31. The molecule has 1 spiro atoms. The number of halogens is 2. The summed E-state index contributed by atoms with van der Waals surface area (Å²) in [5.41, 5.74) is 7.88. The number of amides is 1. The second-order valence-corrected chi connectivity index (χ2v) is 10.6. The molecular weight excluding hydrogens is 507 g/mol. The number of benzene rings is 2. The molecule has 33 heavy (non-hydrogen) atoms. The van der Waals surface area contributed by atoms with Gasteiger partial charge in [-0.25, -0.2) is 4.39 Å². The van der Waals surface area contributed by atoms with Crippen LogP contribution in [-0.4, -0.2) is 34.0 Å². The van der Waals surface area contributed by atoms with Gasteiger partial charge in [-0.1, -0.05) is 27.7 Å². The van der Waals surface area contributed by atoms with E-state index in [-0.39, 0.29) is 29.4 Å². The number of hydrogen-bond acceptors (Lipinski definition) is 5. The van der Waals surface area contributed by atoms with E-state index in [9.17, 15) is 9.18 Å². The molecule has 2 aliphatic heterocycles. The third-order valence-electron chi connectivity index (χ3n) is 6.21. The van der Waals surface area contributed by atoms with Crippen molar-refractivity contribution in [3.8, 4) is 5.75 Å². The summed E-state index contributed by atoms with van der Waals surface area (Å²) in [6.45, 7) is 1.98. The van der Waals surface area contributed by atoms with Crippen molar-refractivity contribution in [2.24, 2.45) is 10.7 Å². The Morgan fingerprint density at radius 1 is 1.39 bits per heavy atom. The second-order valence-electron chi connectivity index (χ2n) is 8.72. The highest BCUT2D eigenvalue weighted by Gasteiger charge is 2.45. The molecule has 2 aliphatic rings. The Morgan fingerprint density at radius 3 is 3.03 bits per heavy atom. The van der Waals surface area contributed by atoms with Gasteiger partial charge in [0.2, 0.25) is 0 Å². The van der Waals surface area contributed by atoms with Crippen molar-refractivity contribution in [1.82, 2.24) is 10.3 Å². The highest BCUT2D eigenvalue weighted by molar-refractivity contribution is 9.10. The summed E-state index contributed by atoms with van der Waals surface area (Å²) < 4.78 is 20.7. The van der Waals surface area contributed by atoms with Crippen LogP contribution in [0.1, 0.15) is 42.2 Å². The van der Waals surface area contributed by atoms with Crippen LogP contribution in [-0.2, 0) is 5.54 Å². The zero-order valence-electron chi connectivity index (χ0n) is 18.0. The van der Waals surface area contributed by atoms with Crippen LogP contribution >= 0.6 is 27.7 Å². The average molecular weight is 531 g/mol. The SMILES string of the molecule is C[C@@H](CC[C@H]1CC2(CSC(N)=N2)c2cc(Br)ccc2O1)NC(=O)c1cc2cc(F)ccc2[nH]1. The number of aliphatic imine (C=N–C) groups is 1. The van der Waals surface area contributed by atoms with Crippen molar-refractivity contribution < 1.29 is 13.9 Å². The third kappa shape index (κ3) is 4.48. The average Bonchev–Trinajstić information content (AvgIpc) is 3.36. The van der Waals surface area contributed by atoms with E-state index in [4.69, 9.17) is 15.5 Å². The van der Waals surface area contributed by atoms with Gasteiger partial charge in [0.1, 0.15) is 28.9 Å². The molecule has 0 saturated carbocycles. The molecule has 0 aliphatic carbocycles. The van der Waals surface area contributed by atoms with Gasteiger partial charge in [0.15, 0.2) is 5.17 Å². The van der Waals surface area contributed by atoms with Crippen molar-refractivity contribution in [2.75, 3.05) is 5.75 Å². The number of carbonyl (C=O) groups is 1. The van der Waals surface area contributed by atoms with Gasteiger partial charge < -0.3 is 20.8 Å². The summed E-state index contributed by atoms with van der Waals surface area (Å²) in [6.07, 6.45) is 2.25. The molecule has 1 aromatic heterocycles. The maximum Gasteiger partial charge on any atom is 0.267 e. The number of nitrogens with zero attached hydrogens (tertiary/aromatic N) is 1. The predicted octanol–water partition coefficient (Wildman–Crippen LogP) is 5.08. The van der Waals surface area contributed by atoms with E-state index in [1.54, 1.807) is 23.9 Å². The first-order chi connectivity index (χ1) is 15.8. The molecule has 9 heteroatoms. The number of nitrogens with two attached hydrogens (primary N) is 1. The quantitative estimate of drug-likeness (QED) is 0.429. The number of hydrogen-bond donors (Lipinski definition) is 3. The van der Waals surface area contributed by atoms with Gasteiger partial charge in [0.05, 0.1) is 0 Å². The summed E-state index contributed by atoms with van der Waals surface area (Å²) in [7, 11) is 0. The lowest BCUT2D eigenvalue weighted by Crippen LogP contribution is -2.39. The standard InChI is InChI=1S/C24H24BrFN4O2S/c1-13(28-22(31)20-9-14-8-16(26)4-6-19(14)29-20)2-5-17-11-24(12-33-23(27)30-24)18-10-15(25)3-7-21(18)32-17/h3-4,6-10,13,17,29H,2,5,11-12H2,1H3,(H2,27,30)(H,28,31)/t13-,17-,24?/m0/s1. The lowest BCUT2D eigenvalue weighted by atomic mass is 9.82. The first-order valence-corrected chi connectivity index (χ1v) is 12.6. The molecule has 4 N–H and O–H groups in total. The molecule has 5 rings (SSSR count). The van der Waals surface area contributed by atoms with Crippen LogP contribution in [0.2, 0.25) is 0 Å². The number of H-pyrrole nitrogens is 1. The molecule has 0 fully saturated rings. The Balaban J connectivity index is 1.24. The summed E-state index contributed by atoms with van der Waals surface area (Å²) in [5.74, 6) is 1.11. The van der Waals surface area contributed by atoms with Crippen molar-refractivity contribution in [2.45, 2.75) is 43.9 Å². The van der Waals surface area contributed by atoms with E-state index >= 15 is 0 Å². The number of aromatic nitrogens is 1. The smallest absolute Gasteiger partial charge is 0.267 e. The Hall–Kier alpha value is -2.52. The number of carbonyl (C=O) groups excluding carboxylic acids is 1. The van der Waals surface area contributed by atoms with Crippen molar-refractivity contribution >= 4 is 49.7 Å². The van der Waals surface area contributed by atoms with Crippen LogP contribution < -0.4 is 15.8 Å². The first-order valence-electron chi connectivity index (χ1n) is 10.9. The molecule has 3 heterocycles. The number of ether oxygens (including phenoxy) is 1. The van der Waals surface area contributed by atoms with E-state index in [1.165, 1.54) is 12.1 Å². The van der Waals surface area contributed by atoms with Crippen LogP contribution in [0.4, 0.5) is 4.39 Å². The predicted molar refractivity (Wildman–Crippen MR) is 133 cm³/mol. The van der Waals surface area contributed by atoms with Crippen LogP contribution in [0.25, 0.3) is 10.9 Å². The van der Waals surface area contributed by atoms with Crippen molar-refractivity contribution in [1.29, 1.82) is 0 Å². The number of amidine groups is 1. The van der Waals surface area contributed by atoms with Crippen LogP contribution in [0.15, 0.2) is 51.9 Å². The highest BCUT2D eigenvalue weighted by atomic mass is 79.9. The molecule has 0 radical (unpaired) electrons. The largest absolute Gasteiger partial charge is 0.490 e. The molecule has 0 bridgehead atoms. The Kier molecular flexibility index (Phi) is 5.86. The number of nitrogens with one attached hydrogen (secondary N) is 2. The number of thioether (sulfide) groups is 1. The van der Waals surface area contributed by atoms with E-state index in [0.717, 1.165) is 46.3 Å². The zero-order chi connectivity index (χ0) is 23.2. The van der Waals surface area contributed by atoms with Gasteiger partial charge >= 0.3 is 0 Å². The lowest BCUT2D eigenvalue weighted by molar-refractivity contribution is 0.0918. The number of aromatic amines is 1. The van der Waals surface area contributed by atoms with Gasteiger partial charge in [0, 0.05) is 39.2 Å². The summed E-state index contributed by atoms with van der Waals surface area (Å²) >= 11 is 5.13. The topological polar surface area (TPSA) is 92.5 Å². The van der Waals surface area contributed by atoms with Crippen molar-refractivity contribution in [3.05, 3.63) is 64.0 Å². The monoisotopic (exact) mass is 530 g/mol. The molecule has 1 unspecified atom stereocenters. The van der Waals surface area contributed by atoms with E-state index in [1.807, 2.05) is 19.1 Å². The van der Waals surface area contributed by atoms with Crippen molar-refractivity contribution in [3.63, 3.8) is 0 Å². The number of fused-ring (bicyclic) bond motifs is 3. The van der Waals surface area contributed by atoms with Gasteiger partial charge in [-0.3, -0.25) is 9.79 Å². The minimum atomic E-state index is -0.372. The van der Waals surface area contributed by atoms with Crippen LogP contribution in [0, 0.1) is 5.82 Å².